The van der Waals surface area contributed by atoms with Crippen molar-refractivity contribution in [1.82, 2.24) is 0 Å². The summed E-state index contributed by atoms with van der Waals surface area (Å²) in [6.07, 6.45) is 60.9. The molecule has 360 valence electrons. The fraction of sp³-hybridized carbons (Fsp3) is 0.804. The Kier molecular flexibility index (Phi) is 48.8. The summed E-state index contributed by atoms with van der Waals surface area (Å²) in [6.45, 7) is 6.59. The third-order valence-corrected chi connectivity index (χ3v) is 11.6. The van der Waals surface area contributed by atoms with Gasteiger partial charge in [0, 0.05) is 19.3 Å². The van der Waals surface area contributed by atoms with Crippen molar-refractivity contribution in [3.8, 4) is 0 Å². The normalized spacial score (nSPS) is 12.4. The summed E-state index contributed by atoms with van der Waals surface area (Å²) in [5.41, 5.74) is 0. The largest absolute Gasteiger partial charge is 0.462 e. The highest BCUT2D eigenvalue weighted by Gasteiger charge is 2.19. The van der Waals surface area contributed by atoms with Crippen molar-refractivity contribution in [2.75, 3.05) is 13.2 Å². The summed E-state index contributed by atoms with van der Waals surface area (Å²) in [6, 6.07) is 0. The van der Waals surface area contributed by atoms with E-state index < -0.39 is 6.10 Å². The van der Waals surface area contributed by atoms with Gasteiger partial charge in [-0.05, 0) is 83.5 Å². The van der Waals surface area contributed by atoms with E-state index in [1.165, 1.54) is 128 Å². The maximum Gasteiger partial charge on any atom is 0.306 e. The van der Waals surface area contributed by atoms with Gasteiger partial charge in [0.25, 0.3) is 0 Å². The van der Waals surface area contributed by atoms with E-state index in [1.54, 1.807) is 0 Å². The monoisotopic (exact) mass is 869 g/mol. The number of rotatable bonds is 48. The van der Waals surface area contributed by atoms with Gasteiger partial charge in [-0.3, -0.25) is 14.4 Å². The predicted octanol–water partition coefficient (Wildman–Crippen LogP) is 17.5. The van der Waals surface area contributed by atoms with Crippen LogP contribution in [0, 0.1) is 0 Å². The highest BCUT2D eigenvalue weighted by Crippen LogP contribution is 2.15. The van der Waals surface area contributed by atoms with Crippen molar-refractivity contribution in [2.45, 2.75) is 277 Å². The number of carbonyl (C=O) groups excluding carboxylic acids is 3. The second kappa shape index (κ2) is 51.0. The molecule has 0 radical (unpaired) electrons. The molecule has 0 saturated carbocycles. The van der Waals surface area contributed by atoms with E-state index in [9.17, 15) is 14.4 Å². The predicted molar refractivity (Wildman–Crippen MR) is 265 cm³/mol. The van der Waals surface area contributed by atoms with Gasteiger partial charge in [0.15, 0.2) is 6.10 Å². The fourth-order valence-electron chi connectivity index (χ4n) is 7.50. The SMILES string of the molecule is CCCCCC/C=C\C/C=C\CCCCCCCC(=O)OCC(COC(=O)CCCCCCCCCCCCCC)OC(=O)CCCCCCC/C=C\C/C=C\CCCCCC. The molecule has 1 unspecified atom stereocenters. The number of hydrogen-bond donors (Lipinski definition) is 0. The summed E-state index contributed by atoms with van der Waals surface area (Å²) < 4.78 is 16.8. The number of unbranched alkanes of at least 4 members (excludes halogenated alkanes) is 29. The zero-order valence-electron chi connectivity index (χ0n) is 41.1. The first-order valence-electron chi connectivity index (χ1n) is 26.6. The van der Waals surface area contributed by atoms with Crippen molar-refractivity contribution in [3.05, 3.63) is 48.6 Å². The van der Waals surface area contributed by atoms with E-state index in [4.69, 9.17) is 14.2 Å². The van der Waals surface area contributed by atoms with Crippen molar-refractivity contribution in [3.63, 3.8) is 0 Å². The van der Waals surface area contributed by atoms with Crippen LogP contribution in [0.1, 0.15) is 271 Å². The topological polar surface area (TPSA) is 78.9 Å². The summed E-state index contributed by atoms with van der Waals surface area (Å²) in [4.78, 5) is 38.0. The Morgan fingerprint density at radius 3 is 0.903 bits per heavy atom. The van der Waals surface area contributed by atoms with Gasteiger partial charge in [-0.25, -0.2) is 0 Å². The van der Waals surface area contributed by atoms with Gasteiger partial charge < -0.3 is 14.2 Å². The van der Waals surface area contributed by atoms with Crippen LogP contribution in [0.15, 0.2) is 48.6 Å². The van der Waals surface area contributed by atoms with Gasteiger partial charge >= 0.3 is 17.9 Å². The molecule has 0 aromatic carbocycles. The number of carbonyl (C=O) groups is 3. The van der Waals surface area contributed by atoms with E-state index in [0.717, 1.165) is 103 Å². The molecule has 0 amide bonds. The lowest BCUT2D eigenvalue weighted by Crippen LogP contribution is -2.30. The maximum absolute atomic E-state index is 12.8. The van der Waals surface area contributed by atoms with Gasteiger partial charge in [-0.2, -0.15) is 0 Å². The van der Waals surface area contributed by atoms with Crippen LogP contribution in [0.25, 0.3) is 0 Å². The molecule has 6 nitrogen and oxygen atoms in total. The van der Waals surface area contributed by atoms with Gasteiger partial charge in [0.1, 0.15) is 13.2 Å². The maximum atomic E-state index is 12.8. The van der Waals surface area contributed by atoms with Crippen LogP contribution in [-0.4, -0.2) is 37.2 Å². The van der Waals surface area contributed by atoms with E-state index >= 15 is 0 Å². The summed E-state index contributed by atoms with van der Waals surface area (Å²) >= 11 is 0. The van der Waals surface area contributed by atoms with Crippen LogP contribution >= 0.6 is 0 Å². The lowest BCUT2D eigenvalue weighted by atomic mass is 10.0. The van der Waals surface area contributed by atoms with E-state index in [1.807, 2.05) is 0 Å². The second-order valence-corrected chi connectivity index (χ2v) is 17.8. The summed E-state index contributed by atoms with van der Waals surface area (Å²) in [5.74, 6) is -0.901. The average molecular weight is 869 g/mol. The number of ether oxygens (including phenoxy) is 3. The third kappa shape index (κ3) is 48.4. The van der Waals surface area contributed by atoms with Gasteiger partial charge in [-0.1, -0.05) is 217 Å². The molecule has 0 aliphatic rings. The number of allylic oxidation sites excluding steroid dienone is 8. The molecule has 6 heteroatoms. The van der Waals surface area contributed by atoms with Gasteiger partial charge in [-0.15, -0.1) is 0 Å². The van der Waals surface area contributed by atoms with Crippen molar-refractivity contribution in [1.29, 1.82) is 0 Å². The number of esters is 3. The summed E-state index contributed by atoms with van der Waals surface area (Å²) in [7, 11) is 0. The lowest BCUT2D eigenvalue weighted by molar-refractivity contribution is -0.167. The second-order valence-electron chi connectivity index (χ2n) is 17.8. The first-order valence-corrected chi connectivity index (χ1v) is 26.6. The van der Waals surface area contributed by atoms with Crippen LogP contribution in [0.4, 0.5) is 0 Å². The highest BCUT2D eigenvalue weighted by atomic mass is 16.6. The first-order chi connectivity index (χ1) is 30.5. The Hall–Kier alpha value is -2.63. The van der Waals surface area contributed by atoms with Crippen LogP contribution in [0.5, 0.6) is 0 Å². The molecule has 0 saturated heterocycles. The molecule has 0 fully saturated rings. The van der Waals surface area contributed by atoms with E-state index in [2.05, 4.69) is 69.4 Å². The van der Waals surface area contributed by atoms with Crippen molar-refractivity contribution >= 4 is 17.9 Å². The Labute approximate surface area is 384 Å². The highest BCUT2D eigenvalue weighted by molar-refractivity contribution is 5.71. The molecule has 0 aromatic heterocycles. The Morgan fingerprint density at radius 1 is 0.323 bits per heavy atom. The molecule has 0 aromatic rings. The van der Waals surface area contributed by atoms with Crippen LogP contribution < -0.4 is 0 Å². The molecule has 0 N–H and O–H groups in total. The molecule has 0 rings (SSSR count). The van der Waals surface area contributed by atoms with Crippen LogP contribution in [0.2, 0.25) is 0 Å². The minimum Gasteiger partial charge on any atom is -0.462 e. The van der Waals surface area contributed by atoms with E-state index in [-0.39, 0.29) is 31.1 Å². The molecule has 0 spiro atoms. The Balaban J connectivity index is 4.41. The first kappa shape index (κ1) is 59.4. The average Bonchev–Trinajstić information content (AvgIpc) is 3.27. The molecule has 0 aliphatic carbocycles. The molecular formula is C56H100O6. The van der Waals surface area contributed by atoms with Crippen LogP contribution in [0.3, 0.4) is 0 Å². The minimum atomic E-state index is -0.783. The lowest BCUT2D eigenvalue weighted by Gasteiger charge is -2.18. The zero-order valence-corrected chi connectivity index (χ0v) is 41.1. The number of hydrogen-bond acceptors (Lipinski definition) is 6. The van der Waals surface area contributed by atoms with Crippen molar-refractivity contribution in [2.24, 2.45) is 0 Å². The molecular weight excluding hydrogens is 769 g/mol. The van der Waals surface area contributed by atoms with Gasteiger partial charge in [0.05, 0.1) is 0 Å². The third-order valence-electron chi connectivity index (χ3n) is 11.6. The molecule has 1 atom stereocenters. The smallest absolute Gasteiger partial charge is 0.306 e. The quantitative estimate of drug-likeness (QED) is 0.0262. The van der Waals surface area contributed by atoms with Crippen LogP contribution in [-0.2, 0) is 28.6 Å². The molecule has 0 bridgehead atoms. The standard InChI is InChI=1S/C56H100O6/c1-4-7-10-13-16-19-22-25-27-29-31-34-37-40-43-46-49-55(58)61-52-53(51-60-54(57)48-45-42-39-36-33-24-21-18-15-12-9-6-3)62-56(59)50-47-44-41-38-35-32-30-28-26-23-20-17-14-11-8-5-2/h19-20,22-23,27-30,53H,4-18,21,24-26,31-52H2,1-3H3/b22-19-,23-20-,29-27-,30-28-. The minimum absolute atomic E-state index is 0.0812. The Bertz CT molecular complexity index is 1090. The van der Waals surface area contributed by atoms with Gasteiger partial charge in [0.2, 0.25) is 0 Å². The van der Waals surface area contributed by atoms with Crippen molar-refractivity contribution < 1.29 is 28.6 Å². The Morgan fingerprint density at radius 2 is 0.581 bits per heavy atom. The zero-order chi connectivity index (χ0) is 45.1. The molecule has 0 heterocycles. The molecule has 0 aliphatic heterocycles. The fourth-order valence-corrected chi connectivity index (χ4v) is 7.50. The molecule has 62 heavy (non-hydrogen) atoms. The summed E-state index contributed by atoms with van der Waals surface area (Å²) in [5, 5.41) is 0. The van der Waals surface area contributed by atoms with E-state index in [0.29, 0.717) is 19.3 Å².